The van der Waals surface area contributed by atoms with Crippen LogP contribution in [0.3, 0.4) is 0 Å². The second-order valence-corrected chi connectivity index (χ2v) is 2.76. The van der Waals surface area contributed by atoms with E-state index in [2.05, 4.69) is 10.6 Å². The standard InChI is InChI=1S/C8H17N3O2/c1-4-5-10-8(13)11(3)6-7(12)9-2/h4-6H2,1-3H3,(H,9,12)(H,10,13). The third kappa shape index (κ3) is 5.05. The molecule has 0 rings (SSSR count). The highest BCUT2D eigenvalue weighted by Crippen LogP contribution is 1.84. The molecule has 0 saturated carbocycles. The Labute approximate surface area is 78.5 Å². The summed E-state index contributed by atoms with van der Waals surface area (Å²) in [7, 11) is 3.13. The van der Waals surface area contributed by atoms with Crippen LogP contribution in [-0.2, 0) is 4.79 Å². The molecule has 2 N–H and O–H groups in total. The van der Waals surface area contributed by atoms with Gasteiger partial charge in [-0.05, 0) is 6.42 Å². The van der Waals surface area contributed by atoms with Crippen molar-refractivity contribution in [2.45, 2.75) is 13.3 Å². The summed E-state index contributed by atoms with van der Waals surface area (Å²) in [6.07, 6.45) is 0.888. The zero-order valence-corrected chi connectivity index (χ0v) is 8.39. The number of urea groups is 1. The molecule has 76 valence electrons. The predicted octanol–water partition coefficient (Wildman–Crippen LogP) is -0.216. The van der Waals surface area contributed by atoms with Gasteiger partial charge >= 0.3 is 6.03 Å². The maximum absolute atomic E-state index is 11.2. The molecule has 0 atom stereocenters. The van der Waals surface area contributed by atoms with Crippen molar-refractivity contribution in [1.82, 2.24) is 15.5 Å². The Kier molecular flexibility index (Phi) is 5.67. The monoisotopic (exact) mass is 187 g/mol. The lowest BCUT2D eigenvalue weighted by Crippen LogP contribution is -2.42. The SMILES string of the molecule is CCCNC(=O)N(C)CC(=O)NC. The van der Waals surface area contributed by atoms with Crippen molar-refractivity contribution >= 4 is 11.9 Å². The van der Waals surface area contributed by atoms with Crippen molar-refractivity contribution in [3.05, 3.63) is 0 Å². The van der Waals surface area contributed by atoms with Gasteiger partial charge in [-0.2, -0.15) is 0 Å². The van der Waals surface area contributed by atoms with Gasteiger partial charge in [0.25, 0.3) is 0 Å². The normalized spacial score (nSPS) is 9.15. The lowest BCUT2D eigenvalue weighted by molar-refractivity contribution is -0.120. The fraction of sp³-hybridized carbons (Fsp3) is 0.750. The topological polar surface area (TPSA) is 61.4 Å². The van der Waals surface area contributed by atoms with Crippen molar-refractivity contribution in [1.29, 1.82) is 0 Å². The zero-order valence-electron chi connectivity index (χ0n) is 8.39. The minimum atomic E-state index is -0.217. The van der Waals surface area contributed by atoms with E-state index in [1.54, 1.807) is 14.1 Å². The van der Waals surface area contributed by atoms with Crippen LogP contribution in [0, 0.1) is 0 Å². The number of nitrogens with one attached hydrogen (secondary N) is 2. The van der Waals surface area contributed by atoms with E-state index in [4.69, 9.17) is 0 Å². The van der Waals surface area contributed by atoms with E-state index in [9.17, 15) is 9.59 Å². The fourth-order valence-electron chi connectivity index (χ4n) is 0.733. The Morgan fingerprint density at radius 1 is 1.38 bits per heavy atom. The minimum absolute atomic E-state index is 0.0893. The fourth-order valence-corrected chi connectivity index (χ4v) is 0.733. The molecule has 0 heterocycles. The first kappa shape index (κ1) is 11.7. The molecule has 0 spiro atoms. The summed E-state index contributed by atoms with van der Waals surface area (Å²) >= 11 is 0. The molecule has 0 unspecified atom stereocenters. The molecule has 0 radical (unpaired) electrons. The quantitative estimate of drug-likeness (QED) is 0.639. The summed E-state index contributed by atoms with van der Waals surface area (Å²) in [5.74, 6) is -0.172. The van der Waals surface area contributed by atoms with Gasteiger partial charge in [-0.1, -0.05) is 6.92 Å². The first-order chi connectivity index (χ1) is 6.11. The molecular weight excluding hydrogens is 170 g/mol. The summed E-state index contributed by atoms with van der Waals surface area (Å²) in [6.45, 7) is 2.70. The Morgan fingerprint density at radius 3 is 2.46 bits per heavy atom. The van der Waals surface area contributed by atoms with Gasteiger partial charge in [0.15, 0.2) is 0 Å². The summed E-state index contributed by atoms with van der Waals surface area (Å²) in [5, 5.41) is 5.11. The number of hydrogen-bond donors (Lipinski definition) is 2. The van der Waals surface area contributed by atoms with Crippen LogP contribution in [0.2, 0.25) is 0 Å². The Hall–Kier alpha value is -1.26. The van der Waals surface area contributed by atoms with E-state index in [0.29, 0.717) is 6.54 Å². The smallest absolute Gasteiger partial charge is 0.317 e. The Balaban J connectivity index is 3.75. The van der Waals surface area contributed by atoms with Crippen molar-refractivity contribution in [2.75, 3.05) is 27.2 Å². The van der Waals surface area contributed by atoms with E-state index in [1.807, 2.05) is 6.92 Å². The number of rotatable bonds is 4. The third-order valence-corrected chi connectivity index (χ3v) is 1.53. The van der Waals surface area contributed by atoms with Crippen LogP contribution in [0.1, 0.15) is 13.3 Å². The van der Waals surface area contributed by atoms with Gasteiger partial charge in [0.2, 0.25) is 5.91 Å². The molecular formula is C8H17N3O2. The highest BCUT2D eigenvalue weighted by Gasteiger charge is 2.09. The summed E-state index contributed by atoms with van der Waals surface area (Å²) in [6, 6.07) is -0.217. The van der Waals surface area contributed by atoms with Gasteiger partial charge in [0.05, 0.1) is 0 Å². The largest absolute Gasteiger partial charge is 0.358 e. The molecule has 0 bridgehead atoms. The van der Waals surface area contributed by atoms with E-state index >= 15 is 0 Å². The van der Waals surface area contributed by atoms with Crippen LogP contribution in [-0.4, -0.2) is 44.0 Å². The maximum Gasteiger partial charge on any atom is 0.317 e. The van der Waals surface area contributed by atoms with Crippen molar-refractivity contribution in [3.63, 3.8) is 0 Å². The molecule has 5 heteroatoms. The molecule has 0 aromatic carbocycles. The predicted molar refractivity (Wildman–Crippen MR) is 50.4 cm³/mol. The second kappa shape index (κ2) is 6.28. The first-order valence-corrected chi connectivity index (χ1v) is 4.31. The lowest BCUT2D eigenvalue weighted by atomic mass is 10.5. The molecule has 0 aliphatic rings. The molecule has 0 aromatic heterocycles. The van der Waals surface area contributed by atoms with Crippen molar-refractivity contribution < 1.29 is 9.59 Å². The number of amides is 3. The van der Waals surface area contributed by atoms with E-state index in [1.165, 1.54) is 4.90 Å². The highest BCUT2D eigenvalue weighted by atomic mass is 16.2. The van der Waals surface area contributed by atoms with Gasteiger partial charge in [-0.3, -0.25) is 4.79 Å². The van der Waals surface area contributed by atoms with Crippen molar-refractivity contribution in [2.24, 2.45) is 0 Å². The molecule has 3 amide bonds. The van der Waals surface area contributed by atoms with Crippen molar-refractivity contribution in [3.8, 4) is 0 Å². The van der Waals surface area contributed by atoms with E-state index in [0.717, 1.165) is 6.42 Å². The Bertz CT molecular complexity index is 182. The number of likely N-dealkylation sites (N-methyl/N-ethyl adjacent to an activating group) is 2. The average Bonchev–Trinajstić information content (AvgIpc) is 2.13. The molecule has 5 nitrogen and oxygen atoms in total. The summed E-state index contributed by atoms with van der Waals surface area (Å²) in [5.41, 5.74) is 0. The molecule has 0 fully saturated rings. The van der Waals surface area contributed by atoms with Crippen LogP contribution in [0.25, 0.3) is 0 Å². The molecule has 13 heavy (non-hydrogen) atoms. The van der Waals surface area contributed by atoms with Gasteiger partial charge in [0.1, 0.15) is 6.54 Å². The third-order valence-electron chi connectivity index (χ3n) is 1.53. The van der Waals surface area contributed by atoms with Gasteiger partial charge in [0, 0.05) is 20.6 Å². The van der Waals surface area contributed by atoms with Gasteiger partial charge in [-0.15, -0.1) is 0 Å². The maximum atomic E-state index is 11.2. The average molecular weight is 187 g/mol. The minimum Gasteiger partial charge on any atom is -0.358 e. The molecule has 0 aromatic rings. The number of hydrogen-bond acceptors (Lipinski definition) is 2. The number of carbonyl (C=O) groups excluding carboxylic acids is 2. The highest BCUT2D eigenvalue weighted by molar-refractivity contribution is 5.83. The second-order valence-electron chi connectivity index (χ2n) is 2.76. The molecule has 0 saturated heterocycles. The van der Waals surface area contributed by atoms with Crippen LogP contribution in [0.5, 0.6) is 0 Å². The van der Waals surface area contributed by atoms with E-state index in [-0.39, 0.29) is 18.5 Å². The molecule has 0 aliphatic heterocycles. The van der Waals surface area contributed by atoms with E-state index < -0.39 is 0 Å². The van der Waals surface area contributed by atoms with Crippen LogP contribution >= 0.6 is 0 Å². The zero-order chi connectivity index (χ0) is 10.3. The Morgan fingerprint density at radius 2 is 2.00 bits per heavy atom. The number of carbonyl (C=O) groups is 2. The van der Waals surface area contributed by atoms with Gasteiger partial charge in [-0.25, -0.2) is 4.79 Å². The summed E-state index contributed by atoms with van der Waals surface area (Å²) in [4.78, 5) is 23.4. The van der Waals surface area contributed by atoms with Crippen LogP contribution in [0.15, 0.2) is 0 Å². The molecule has 0 aliphatic carbocycles. The van der Waals surface area contributed by atoms with Crippen LogP contribution < -0.4 is 10.6 Å². The van der Waals surface area contributed by atoms with Crippen LogP contribution in [0.4, 0.5) is 4.79 Å². The lowest BCUT2D eigenvalue weighted by Gasteiger charge is -2.16. The van der Waals surface area contributed by atoms with Gasteiger partial charge < -0.3 is 15.5 Å². The first-order valence-electron chi connectivity index (χ1n) is 4.31. The summed E-state index contributed by atoms with van der Waals surface area (Å²) < 4.78 is 0. The number of nitrogens with zero attached hydrogens (tertiary/aromatic N) is 1.